The van der Waals surface area contributed by atoms with Crippen LogP contribution in [0.1, 0.15) is 36.7 Å². The Morgan fingerprint density at radius 2 is 2.11 bits per heavy atom. The topological polar surface area (TPSA) is 76.1 Å². The van der Waals surface area contributed by atoms with Gasteiger partial charge in [0.1, 0.15) is 11.5 Å². The number of rotatable bonds is 9. The molecule has 1 heterocycles. The maximum absolute atomic E-state index is 11.7. The fourth-order valence-corrected chi connectivity index (χ4v) is 1.56. The summed E-state index contributed by atoms with van der Waals surface area (Å²) in [5.41, 5.74) is 0.346. The Kier molecular flexibility index (Phi) is 7.50. The second-order valence-electron chi connectivity index (χ2n) is 4.13. The van der Waals surface area contributed by atoms with E-state index in [4.69, 9.17) is 4.74 Å². The molecule has 0 saturated carbocycles. The van der Waals surface area contributed by atoms with Gasteiger partial charge in [0, 0.05) is 26.8 Å². The molecule has 0 spiro atoms. The molecule has 1 aromatic heterocycles. The van der Waals surface area contributed by atoms with E-state index in [0.717, 1.165) is 32.4 Å². The molecule has 1 amide bonds. The van der Waals surface area contributed by atoms with Crippen molar-refractivity contribution in [1.82, 2.24) is 15.3 Å². The summed E-state index contributed by atoms with van der Waals surface area (Å²) in [7, 11) is 1.69. The molecule has 0 unspecified atom stereocenters. The Morgan fingerprint density at radius 3 is 2.74 bits per heavy atom. The Balaban J connectivity index is 2.25. The van der Waals surface area contributed by atoms with Crippen molar-refractivity contribution in [3.8, 4) is 0 Å². The summed E-state index contributed by atoms with van der Waals surface area (Å²) in [6.45, 7) is 4.18. The molecule has 0 bridgehead atoms. The minimum absolute atomic E-state index is 0.178. The molecule has 0 aliphatic carbocycles. The summed E-state index contributed by atoms with van der Waals surface area (Å²) in [6, 6.07) is 0. The second-order valence-corrected chi connectivity index (χ2v) is 4.13. The summed E-state index contributed by atoms with van der Waals surface area (Å²) in [5, 5.41) is 5.85. The highest BCUT2D eigenvalue weighted by Crippen LogP contribution is 2.00. The van der Waals surface area contributed by atoms with Crippen LogP contribution < -0.4 is 10.6 Å². The summed E-state index contributed by atoms with van der Waals surface area (Å²) in [4.78, 5) is 19.9. The van der Waals surface area contributed by atoms with Crippen molar-refractivity contribution in [3.05, 3.63) is 18.1 Å². The highest BCUT2D eigenvalue weighted by atomic mass is 16.5. The molecule has 0 aromatic carbocycles. The van der Waals surface area contributed by atoms with Crippen molar-refractivity contribution in [2.75, 3.05) is 32.1 Å². The van der Waals surface area contributed by atoms with Crippen LogP contribution in [0.3, 0.4) is 0 Å². The van der Waals surface area contributed by atoms with Crippen LogP contribution in [0.4, 0.5) is 5.82 Å². The predicted octanol–water partition coefficient (Wildman–Crippen LogP) is 1.45. The van der Waals surface area contributed by atoms with E-state index < -0.39 is 0 Å². The fraction of sp³-hybridized carbons (Fsp3) is 0.615. The number of nitrogens with zero attached hydrogens (tertiary/aromatic N) is 2. The highest BCUT2D eigenvalue weighted by molar-refractivity contribution is 5.91. The highest BCUT2D eigenvalue weighted by Gasteiger charge is 2.06. The zero-order valence-electron chi connectivity index (χ0n) is 11.6. The lowest BCUT2D eigenvalue weighted by molar-refractivity contribution is 0.0947. The molecule has 0 atom stereocenters. The Labute approximate surface area is 114 Å². The zero-order valence-corrected chi connectivity index (χ0v) is 11.6. The molecule has 106 valence electrons. The van der Waals surface area contributed by atoms with E-state index in [0.29, 0.717) is 18.1 Å². The average Bonchev–Trinajstić information content (AvgIpc) is 2.43. The molecule has 6 heteroatoms. The Hall–Kier alpha value is -1.69. The van der Waals surface area contributed by atoms with E-state index >= 15 is 0 Å². The van der Waals surface area contributed by atoms with Gasteiger partial charge >= 0.3 is 0 Å². The van der Waals surface area contributed by atoms with Gasteiger partial charge in [-0.05, 0) is 26.2 Å². The first-order chi connectivity index (χ1) is 9.27. The van der Waals surface area contributed by atoms with Gasteiger partial charge in [-0.15, -0.1) is 0 Å². The molecule has 1 rings (SSSR count). The van der Waals surface area contributed by atoms with Crippen molar-refractivity contribution in [2.45, 2.75) is 26.2 Å². The first-order valence-corrected chi connectivity index (χ1v) is 6.61. The number of carbonyl (C=O) groups is 1. The normalized spacial score (nSPS) is 10.2. The fourth-order valence-electron chi connectivity index (χ4n) is 1.56. The number of amides is 1. The lowest BCUT2D eigenvalue weighted by Crippen LogP contribution is -2.25. The minimum Gasteiger partial charge on any atom is -0.385 e. The molecule has 2 N–H and O–H groups in total. The number of aromatic nitrogens is 2. The van der Waals surface area contributed by atoms with Gasteiger partial charge in [0.05, 0.1) is 12.4 Å². The van der Waals surface area contributed by atoms with Gasteiger partial charge in [0.25, 0.3) is 5.91 Å². The quantitative estimate of drug-likeness (QED) is 0.662. The van der Waals surface area contributed by atoms with Gasteiger partial charge in [-0.3, -0.25) is 4.79 Å². The molecule has 0 aliphatic rings. The number of hydrogen-bond acceptors (Lipinski definition) is 5. The van der Waals surface area contributed by atoms with Gasteiger partial charge in [-0.25, -0.2) is 9.97 Å². The van der Waals surface area contributed by atoms with E-state index in [9.17, 15) is 4.79 Å². The molecule has 6 nitrogen and oxygen atoms in total. The molecular weight excluding hydrogens is 244 g/mol. The first-order valence-electron chi connectivity index (χ1n) is 6.61. The monoisotopic (exact) mass is 266 g/mol. The zero-order chi connectivity index (χ0) is 13.9. The molecule has 0 saturated heterocycles. The smallest absolute Gasteiger partial charge is 0.271 e. The van der Waals surface area contributed by atoms with Crippen LogP contribution in [0.2, 0.25) is 0 Å². The summed E-state index contributed by atoms with van der Waals surface area (Å²) in [5.74, 6) is 0.501. The number of hydrogen-bond donors (Lipinski definition) is 2. The molecular formula is C13H22N4O2. The number of unbranched alkanes of at least 4 members (excludes halogenated alkanes) is 2. The largest absolute Gasteiger partial charge is 0.385 e. The van der Waals surface area contributed by atoms with Crippen molar-refractivity contribution in [2.24, 2.45) is 0 Å². The van der Waals surface area contributed by atoms with Crippen LogP contribution >= 0.6 is 0 Å². The molecule has 0 fully saturated rings. The van der Waals surface area contributed by atoms with Crippen molar-refractivity contribution in [3.63, 3.8) is 0 Å². The lowest BCUT2D eigenvalue weighted by atomic mass is 10.2. The molecule has 0 aliphatic heterocycles. The third-order valence-electron chi connectivity index (χ3n) is 2.55. The van der Waals surface area contributed by atoms with Crippen LogP contribution in [0.15, 0.2) is 12.4 Å². The first kappa shape index (κ1) is 15.4. The third-order valence-corrected chi connectivity index (χ3v) is 2.55. The van der Waals surface area contributed by atoms with Crippen LogP contribution in [0, 0.1) is 0 Å². The number of ether oxygens (including phenoxy) is 1. The van der Waals surface area contributed by atoms with Gasteiger partial charge in [-0.2, -0.15) is 0 Å². The van der Waals surface area contributed by atoms with Gasteiger partial charge in [-0.1, -0.05) is 0 Å². The van der Waals surface area contributed by atoms with Crippen LogP contribution in [0.5, 0.6) is 0 Å². The van der Waals surface area contributed by atoms with Crippen LogP contribution in [-0.4, -0.2) is 42.7 Å². The van der Waals surface area contributed by atoms with E-state index in [2.05, 4.69) is 20.6 Å². The van der Waals surface area contributed by atoms with Gasteiger partial charge in [0.15, 0.2) is 0 Å². The third kappa shape index (κ3) is 6.15. The molecule has 19 heavy (non-hydrogen) atoms. The van der Waals surface area contributed by atoms with Crippen molar-refractivity contribution in [1.29, 1.82) is 0 Å². The molecule has 0 radical (unpaired) electrons. The maximum Gasteiger partial charge on any atom is 0.271 e. The van der Waals surface area contributed by atoms with Crippen molar-refractivity contribution < 1.29 is 9.53 Å². The van der Waals surface area contributed by atoms with Crippen LogP contribution in [-0.2, 0) is 4.74 Å². The number of carbonyl (C=O) groups excluding carboxylic acids is 1. The maximum atomic E-state index is 11.7. The summed E-state index contributed by atoms with van der Waals surface area (Å²) >= 11 is 0. The average molecular weight is 266 g/mol. The Morgan fingerprint density at radius 1 is 1.26 bits per heavy atom. The Bertz CT molecular complexity index is 367. The van der Waals surface area contributed by atoms with E-state index in [-0.39, 0.29) is 5.91 Å². The van der Waals surface area contributed by atoms with Gasteiger partial charge in [0.2, 0.25) is 0 Å². The number of anilines is 1. The molecule has 1 aromatic rings. The van der Waals surface area contributed by atoms with E-state index in [1.807, 2.05) is 6.92 Å². The standard InChI is InChI=1S/C13H22N4O2/c1-3-14-12-10-16-11(9-17-12)13(18)15-7-5-4-6-8-19-2/h9-10H,3-8H2,1-2H3,(H,14,17)(H,15,18). The summed E-state index contributed by atoms with van der Waals surface area (Å²) in [6.07, 6.45) is 6.05. The number of nitrogens with one attached hydrogen (secondary N) is 2. The lowest BCUT2D eigenvalue weighted by Gasteiger charge is -2.05. The minimum atomic E-state index is -0.178. The summed E-state index contributed by atoms with van der Waals surface area (Å²) < 4.78 is 4.96. The predicted molar refractivity (Wildman–Crippen MR) is 74.3 cm³/mol. The van der Waals surface area contributed by atoms with Gasteiger partial charge < -0.3 is 15.4 Å². The van der Waals surface area contributed by atoms with E-state index in [1.54, 1.807) is 13.3 Å². The SMILES string of the molecule is CCNc1cnc(C(=O)NCCCCCOC)cn1. The second kappa shape index (κ2) is 9.27. The number of methoxy groups -OCH3 is 1. The van der Waals surface area contributed by atoms with E-state index in [1.165, 1.54) is 6.20 Å². The van der Waals surface area contributed by atoms with Crippen molar-refractivity contribution >= 4 is 11.7 Å². The van der Waals surface area contributed by atoms with Crippen LogP contribution in [0.25, 0.3) is 0 Å².